The van der Waals surface area contributed by atoms with Crippen molar-refractivity contribution in [3.63, 3.8) is 0 Å². The van der Waals surface area contributed by atoms with Crippen LogP contribution in [0.5, 0.6) is 0 Å². The standard InChI is InChI=1S/C9H18O3S/c1-12-9(11)8-13-7-5-3-2-4-6-10/h10H,2-8H2,1H3. The minimum absolute atomic E-state index is 0.152. The van der Waals surface area contributed by atoms with Crippen LogP contribution in [-0.4, -0.2) is 36.3 Å². The van der Waals surface area contributed by atoms with Crippen molar-refractivity contribution in [3.05, 3.63) is 0 Å². The van der Waals surface area contributed by atoms with Crippen molar-refractivity contribution >= 4 is 17.7 Å². The van der Waals surface area contributed by atoms with Crippen LogP contribution in [0.1, 0.15) is 25.7 Å². The molecule has 0 aromatic carbocycles. The van der Waals surface area contributed by atoms with Gasteiger partial charge >= 0.3 is 5.97 Å². The van der Waals surface area contributed by atoms with Crippen molar-refractivity contribution < 1.29 is 14.6 Å². The van der Waals surface area contributed by atoms with Crippen LogP contribution in [0.3, 0.4) is 0 Å². The summed E-state index contributed by atoms with van der Waals surface area (Å²) in [5, 5.41) is 8.51. The SMILES string of the molecule is COC(=O)CSCCCCCCO. The highest BCUT2D eigenvalue weighted by Crippen LogP contribution is 2.07. The average Bonchev–Trinajstić information content (AvgIpc) is 2.16. The Kier molecular flexibility index (Phi) is 9.70. The first-order chi connectivity index (χ1) is 6.31. The molecule has 0 aliphatic carbocycles. The van der Waals surface area contributed by atoms with E-state index in [9.17, 15) is 4.79 Å². The molecule has 0 amide bonds. The fourth-order valence-corrected chi connectivity index (χ4v) is 1.72. The van der Waals surface area contributed by atoms with E-state index in [2.05, 4.69) is 4.74 Å². The van der Waals surface area contributed by atoms with Crippen LogP contribution in [0.4, 0.5) is 0 Å². The molecule has 0 bridgehead atoms. The Bertz CT molecular complexity index is 128. The summed E-state index contributed by atoms with van der Waals surface area (Å²) in [7, 11) is 1.41. The van der Waals surface area contributed by atoms with Gasteiger partial charge in [-0.15, -0.1) is 0 Å². The zero-order chi connectivity index (χ0) is 9.94. The van der Waals surface area contributed by atoms with E-state index in [0.29, 0.717) is 5.75 Å². The predicted molar refractivity (Wildman–Crippen MR) is 54.9 cm³/mol. The molecule has 78 valence electrons. The van der Waals surface area contributed by atoms with Crippen LogP contribution < -0.4 is 0 Å². The molecule has 0 aromatic heterocycles. The van der Waals surface area contributed by atoms with Gasteiger partial charge in [-0.05, 0) is 18.6 Å². The van der Waals surface area contributed by atoms with Crippen molar-refractivity contribution in [2.75, 3.05) is 25.2 Å². The molecule has 0 aliphatic rings. The summed E-state index contributed by atoms with van der Waals surface area (Å²) < 4.78 is 4.50. The van der Waals surface area contributed by atoms with E-state index in [-0.39, 0.29) is 12.6 Å². The summed E-state index contributed by atoms with van der Waals surface area (Å²) in [6.45, 7) is 0.287. The monoisotopic (exact) mass is 206 g/mol. The number of carbonyl (C=O) groups excluding carboxylic acids is 1. The maximum atomic E-state index is 10.7. The first kappa shape index (κ1) is 12.8. The number of esters is 1. The molecule has 0 rings (SSSR count). The Morgan fingerprint density at radius 2 is 2.00 bits per heavy atom. The summed E-state index contributed by atoms with van der Waals surface area (Å²) in [5.41, 5.74) is 0. The van der Waals surface area contributed by atoms with Gasteiger partial charge in [0.05, 0.1) is 12.9 Å². The fourth-order valence-electron chi connectivity index (χ4n) is 0.884. The molecule has 0 spiro atoms. The van der Waals surface area contributed by atoms with E-state index in [0.717, 1.165) is 31.4 Å². The quantitative estimate of drug-likeness (QED) is 0.482. The minimum atomic E-state index is -0.152. The number of methoxy groups -OCH3 is 1. The molecule has 4 heteroatoms. The van der Waals surface area contributed by atoms with Crippen LogP contribution in [0.15, 0.2) is 0 Å². The lowest BCUT2D eigenvalue weighted by molar-refractivity contribution is -0.137. The molecule has 0 saturated heterocycles. The molecule has 3 nitrogen and oxygen atoms in total. The molecule has 13 heavy (non-hydrogen) atoms. The van der Waals surface area contributed by atoms with Gasteiger partial charge in [0.1, 0.15) is 0 Å². The zero-order valence-electron chi connectivity index (χ0n) is 8.12. The third-order valence-corrected chi connectivity index (χ3v) is 2.66. The molecule has 0 saturated carbocycles. The second kappa shape index (κ2) is 9.86. The molecule has 0 aromatic rings. The smallest absolute Gasteiger partial charge is 0.315 e. The van der Waals surface area contributed by atoms with Crippen molar-refractivity contribution in [3.8, 4) is 0 Å². The van der Waals surface area contributed by atoms with Gasteiger partial charge in [-0.2, -0.15) is 11.8 Å². The van der Waals surface area contributed by atoms with E-state index >= 15 is 0 Å². The van der Waals surface area contributed by atoms with E-state index in [4.69, 9.17) is 5.11 Å². The molecule has 0 radical (unpaired) electrons. The Balaban J connectivity index is 2.95. The first-order valence-electron chi connectivity index (χ1n) is 4.56. The summed E-state index contributed by atoms with van der Waals surface area (Å²) in [5.74, 6) is 1.30. The molecule has 0 unspecified atom stereocenters. The van der Waals surface area contributed by atoms with Crippen LogP contribution in [0, 0.1) is 0 Å². The third-order valence-electron chi connectivity index (χ3n) is 1.64. The number of ether oxygens (including phenoxy) is 1. The Hall–Kier alpha value is -0.220. The number of aliphatic hydroxyl groups excluding tert-OH is 1. The molecular weight excluding hydrogens is 188 g/mol. The number of hydrogen-bond donors (Lipinski definition) is 1. The van der Waals surface area contributed by atoms with E-state index in [1.54, 1.807) is 11.8 Å². The third kappa shape index (κ3) is 9.70. The lowest BCUT2D eigenvalue weighted by Gasteiger charge is -2.00. The number of rotatable bonds is 8. The molecule has 0 heterocycles. The van der Waals surface area contributed by atoms with Crippen molar-refractivity contribution in [2.24, 2.45) is 0 Å². The molecule has 0 fully saturated rings. The first-order valence-corrected chi connectivity index (χ1v) is 5.72. The van der Waals surface area contributed by atoms with Gasteiger partial charge in [-0.3, -0.25) is 4.79 Å². The Morgan fingerprint density at radius 3 is 2.62 bits per heavy atom. The summed E-state index contributed by atoms with van der Waals surface area (Å²) >= 11 is 1.61. The van der Waals surface area contributed by atoms with E-state index in [1.807, 2.05) is 0 Å². The highest BCUT2D eigenvalue weighted by Gasteiger charge is 1.98. The fraction of sp³-hybridized carbons (Fsp3) is 0.889. The molecule has 0 aliphatic heterocycles. The van der Waals surface area contributed by atoms with Crippen LogP contribution in [-0.2, 0) is 9.53 Å². The predicted octanol–water partition coefficient (Wildman–Crippen LogP) is 1.45. The maximum absolute atomic E-state index is 10.7. The second-order valence-corrected chi connectivity index (χ2v) is 3.87. The summed E-state index contributed by atoms with van der Waals surface area (Å²) in [6.07, 6.45) is 4.22. The normalized spacial score (nSPS) is 10.0. The lowest BCUT2D eigenvalue weighted by atomic mass is 10.2. The Labute approximate surface area is 83.9 Å². The summed E-state index contributed by atoms with van der Waals surface area (Å²) in [4.78, 5) is 10.7. The minimum Gasteiger partial charge on any atom is -0.468 e. The van der Waals surface area contributed by atoms with Gasteiger partial charge in [0.2, 0.25) is 0 Å². The van der Waals surface area contributed by atoms with E-state index in [1.165, 1.54) is 7.11 Å². The molecule has 0 atom stereocenters. The molecular formula is C9H18O3S. The number of thioether (sulfide) groups is 1. The molecule has 1 N–H and O–H groups in total. The second-order valence-electron chi connectivity index (χ2n) is 2.77. The van der Waals surface area contributed by atoms with Crippen LogP contribution >= 0.6 is 11.8 Å². The van der Waals surface area contributed by atoms with Crippen molar-refractivity contribution in [1.82, 2.24) is 0 Å². The van der Waals surface area contributed by atoms with Gasteiger partial charge in [-0.1, -0.05) is 12.8 Å². The van der Waals surface area contributed by atoms with Crippen LogP contribution in [0.2, 0.25) is 0 Å². The number of hydrogen-bond acceptors (Lipinski definition) is 4. The Morgan fingerprint density at radius 1 is 1.31 bits per heavy atom. The number of aliphatic hydroxyl groups is 1. The average molecular weight is 206 g/mol. The highest BCUT2D eigenvalue weighted by atomic mass is 32.2. The van der Waals surface area contributed by atoms with Gasteiger partial charge in [0.25, 0.3) is 0 Å². The van der Waals surface area contributed by atoms with Gasteiger partial charge in [0, 0.05) is 6.61 Å². The zero-order valence-corrected chi connectivity index (χ0v) is 8.94. The van der Waals surface area contributed by atoms with Crippen LogP contribution in [0.25, 0.3) is 0 Å². The van der Waals surface area contributed by atoms with Gasteiger partial charge in [0.15, 0.2) is 0 Å². The van der Waals surface area contributed by atoms with Crippen molar-refractivity contribution in [1.29, 1.82) is 0 Å². The van der Waals surface area contributed by atoms with Gasteiger partial charge in [-0.25, -0.2) is 0 Å². The summed E-state index contributed by atoms with van der Waals surface area (Å²) in [6, 6.07) is 0. The maximum Gasteiger partial charge on any atom is 0.315 e. The largest absolute Gasteiger partial charge is 0.468 e. The number of carbonyl (C=O) groups is 1. The van der Waals surface area contributed by atoms with E-state index < -0.39 is 0 Å². The lowest BCUT2D eigenvalue weighted by Crippen LogP contribution is -2.03. The number of unbranched alkanes of at least 4 members (excludes halogenated alkanes) is 3. The van der Waals surface area contributed by atoms with Gasteiger partial charge < -0.3 is 9.84 Å². The van der Waals surface area contributed by atoms with Crippen molar-refractivity contribution in [2.45, 2.75) is 25.7 Å². The highest BCUT2D eigenvalue weighted by molar-refractivity contribution is 7.99. The topological polar surface area (TPSA) is 46.5 Å².